The summed E-state index contributed by atoms with van der Waals surface area (Å²) >= 11 is 0. The van der Waals surface area contributed by atoms with E-state index in [4.69, 9.17) is 4.74 Å². The number of hydrogen-bond acceptors (Lipinski definition) is 5. The minimum absolute atomic E-state index is 0.000408. The molecule has 2 aromatic carbocycles. The van der Waals surface area contributed by atoms with Crippen molar-refractivity contribution in [2.75, 3.05) is 26.7 Å². The zero-order valence-electron chi connectivity index (χ0n) is 19.5. The smallest absolute Gasteiger partial charge is 0.243 e. The predicted molar refractivity (Wildman–Crippen MR) is 127 cm³/mol. The Morgan fingerprint density at radius 2 is 1.79 bits per heavy atom. The Morgan fingerprint density at radius 3 is 2.47 bits per heavy atom. The fourth-order valence-electron chi connectivity index (χ4n) is 4.78. The van der Waals surface area contributed by atoms with E-state index in [9.17, 15) is 17.6 Å². The van der Waals surface area contributed by atoms with Crippen molar-refractivity contribution in [3.05, 3.63) is 59.9 Å². The van der Waals surface area contributed by atoms with Crippen LogP contribution in [0.3, 0.4) is 0 Å². The molecule has 34 heavy (non-hydrogen) atoms. The lowest BCUT2D eigenvalue weighted by Gasteiger charge is -2.36. The van der Waals surface area contributed by atoms with E-state index < -0.39 is 16.1 Å². The molecule has 9 heteroatoms. The lowest BCUT2D eigenvalue weighted by molar-refractivity contribution is -0.126. The number of nitrogens with zero attached hydrogens (tertiary/aromatic N) is 2. The second-order valence-corrected chi connectivity index (χ2v) is 10.9. The summed E-state index contributed by atoms with van der Waals surface area (Å²) in [5.74, 6) is -0.351. The Morgan fingerprint density at radius 1 is 1.06 bits per heavy atom. The number of amides is 1. The van der Waals surface area contributed by atoms with Crippen LogP contribution < -0.4 is 10.1 Å². The molecule has 1 atom stereocenters. The molecule has 0 radical (unpaired) electrons. The predicted octanol–water partition coefficient (Wildman–Crippen LogP) is 3.16. The molecule has 0 aromatic heterocycles. The van der Waals surface area contributed by atoms with Gasteiger partial charge in [0.2, 0.25) is 15.9 Å². The molecule has 1 N–H and O–H groups in total. The molecule has 2 fully saturated rings. The van der Waals surface area contributed by atoms with Gasteiger partial charge in [-0.15, -0.1) is 0 Å². The molecule has 2 heterocycles. The number of ether oxygens (including phenoxy) is 1. The third-order valence-electron chi connectivity index (χ3n) is 6.66. The minimum Gasteiger partial charge on any atom is -0.494 e. The summed E-state index contributed by atoms with van der Waals surface area (Å²) in [7, 11) is -2.28. The number of nitrogens with one attached hydrogen (secondary N) is 1. The van der Waals surface area contributed by atoms with Gasteiger partial charge in [-0.1, -0.05) is 30.7 Å². The number of carbonyl (C=O) groups excluding carboxylic acids is 1. The number of benzene rings is 2. The molecule has 0 bridgehead atoms. The van der Waals surface area contributed by atoms with Crippen LogP contribution in [0, 0.1) is 5.82 Å². The summed E-state index contributed by atoms with van der Waals surface area (Å²) in [6.07, 6.45) is 3.64. The van der Waals surface area contributed by atoms with Crippen LogP contribution in [0.2, 0.25) is 0 Å². The molecule has 2 aliphatic rings. The maximum atomic E-state index is 14.0. The summed E-state index contributed by atoms with van der Waals surface area (Å²) in [5, 5.41) is 3.10. The van der Waals surface area contributed by atoms with Gasteiger partial charge in [-0.25, -0.2) is 12.8 Å². The van der Waals surface area contributed by atoms with Gasteiger partial charge in [0, 0.05) is 32.2 Å². The highest BCUT2D eigenvalue weighted by Crippen LogP contribution is 2.26. The minimum atomic E-state index is -3.72. The highest BCUT2D eigenvalue weighted by Gasteiger charge is 2.38. The third kappa shape index (κ3) is 5.59. The maximum absolute atomic E-state index is 14.0. The summed E-state index contributed by atoms with van der Waals surface area (Å²) < 4.78 is 46.7. The normalized spacial score (nSPS) is 20.7. The Bertz CT molecular complexity index is 1090. The molecule has 4 rings (SSSR count). The maximum Gasteiger partial charge on any atom is 0.243 e. The van der Waals surface area contributed by atoms with Crippen molar-refractivity contribution in [1.82, 2.24) is 14.5 Å². The molecule has 7 nitrogen and oxygen atoms in total. The van der Waals surface area contributed by atoms with Crippen molar-refractivity contribution < 1.29 is 22.3 Å². The lowest BCUT2D eigenvalue weighted by atomic mass is 10.0. The van der Waals surface area contributed by atoms with Crippen molar-refractivity contribution in [1.29, 1.82) is 0 Å². The van der Waals surface area contributed by atoms with Crippen LogP contribution in [0.25, 0.3) is 0 Å². The van der Waals surface area contributed by atoms with Gasteiger partial charge < -0.3 is 10.1 Å². The number of likely N-dealkylation sites (tertiary alicyclic amines) is 1. The van der Waals surface area contributed by atoms with Gasteiger partial charge >= 0.3 is 0 Å². The van der Waals surface area contributed by atoms with E-state index in [1.165, 1.54) is 17.5 Å². The molecule has 184 valence electrons. The van der Waals surface area contributed by atoms with E-state index in [0.29, 0.717) is 19.5 Å². The number of rotatable bonds is 7. The van der Waals surface area contributed by atoms with E-state index in [1.807, 2.05) is 6.07 Å². The summed E-state index contributed by atoms with van der Waals surface area (Å²) in [6, 6.07) is 12.6. The SMILES string of the molecule is COc1ccc(CN2CCC(NC(=O)C3CCCCN3S(=O)(=O)c3ccccc3)CC2)cc1F. The van der Waals surface area contributed by atoms with Gasteiger partial charge in [0.25, 0.3) is 0 Å². The molecule has 2 aromatic rings. The largest absolute Gasteiger partial charge is 0.494 e. The van der Waals surface area contributed by atoms with Crippen LogP contribution in [0.5, 0.6) is 5.75 Å². The van der Waals surface area contributed by atoms with Crippen molar-refractivity contribution in [3.8, 4) is 5.75 Å². The number of sulfonamides is 1. The average molecular weight is 490 g/mol. The topological polar surface area (TPSA) is 79.0 Å². The molecule has 0 spiro atoms. The highest BCUT2D eigenvalue weighted by molar-refractivity contribution is 7.89. The molecule has 2 saturated heterocycles. The lowest BCUT2D eigenvalue weighted by Crippen LogP contribution is -2.55. The van der Waals surface area contributed by atoms with Gasteiger partial charge in [0.05, 0.1) is 12.0 Å². The van der Waals surface area contributed by atoms with Gasteiger partial charge in [-0.3, -0.25) is 9.69 Å². The van der Waals surface area contributed by atoms with Gasteiger partial charge in [0.1, 0.15) is 6.04 Å². The first kappa shape index (κ1) is 24.6. The molecule has 0 saturated carbocycles. The van der Waals surface area contributed by atoms with Gasteiger partial charge in [-0.2, -0.15) is 4.31 Å². The quantitative estimate of drug-likeness (QED) is 0.647. The van der Waals surface area contributed by atoms with Crippen LogP contribution in [0.15, 0.2) is 53.4 Å². The van der Waals surface area contributed by atoms with Crippen molar-refractivity contribution >= 4 is 15.9 Å². The first-order chi connectivity index (χ1) is 16.4. The number of hydrogen-bond donors (Lipinski definition) is 1. The molecular formula is C25H32FN3O4S. The third-order valence-corrected chi connectivity index (χ3v) is 8.58. The fraction of sp³-hybridized carbons (Fsp3) is 0.480. The van der Waals surface area contributed by atoms with E-state index in [0.717, 1.165) is 44.3 Å². The Hall–Kier alpha value is -2.49. The van der Waals surface area contributed by atoms with Crippen LogP contribution in [0.1, 0.15) is 37.7 Å². The van der Waals surface area contributed by atoms with Crippen LogP contribution in [0.4, 0.5) is 4.39 Å². The molecule has 2 aliphatic heterocycles. The molecule has 0 aliphatic carbocycles. The van der Waals surface area contributed by atoms with Crippen molar-refractivity contribution in [2.24, 2.45) is 0 Å². The van der Waals surface area contributed by atoms with Crippen LogP contribution in [-0.2, 0) is 21.4 Å². The fourth-order valence-corrected chi connectivity index (χ4v) is 6.46. The van der Waals surface area contributed by atoms with Gasteiger partial charge in [0.15, 0.2) is 11.6 Å². The van der Waals surface area contributed by atoms with E-state index in [1.54, 1.807) is 36.4 Å². The number of piperidine rings is 2. The van der Waals surface area contributed by atoms with Crippen LogP contribution in [-0.4, -0.2) is 62.4 Å². The Kier molecular flexibility index (Phi) is 7.85. The van der Waals surface area contributed by atoms with Crippen molar-refractivity contribution in [2.45, 2.75) is 55.6 Å². The second kappa shape index (κ2) is 10.8. The molecular weight excluding hydrogens is 457 g/mol. The molecule has 1 unspecified atom stereocenters. The van der Waals surface area contributed by atoms with Crippen LogP contribution >= 0.6 is 0 Å². The van der Waals surface area contributed by atoms with Crippen molar-refractivity contribution in [3.63, 3.8) is 0 Å². The van der Waals surface area contributed by atoms with E-state index in [-0.39, 0.29) is 28.4 Å². The number of carbonyl (C=O) groups is 1. The monoisotopic (exact) mass is 489 g/mol. The number of halogens is 1. The average Bonchev–Trinajstić information content (AvgIpc) is 2.86. The highest BCUT2D eigenvalue weighted by atomic mass is 32.2. The van der Waals surface area contributed by atoms with E-state index in [2.05, 4.69) is 10.2 Å². The summed E-state index contributed by atoms with van der Waals surface area (Å²) in [5.41, 5.74) is 0.879. The van der Waals surface area contributed by atoms with Gasteiger partial charge in [-0.05, 0) is 55.5 Å². The summed E-state index contributed by atoms with van der Waals surface area (Å²) in [6.45, 7) is 2.53. The first-order valence-electron chi connectivity index (χ1n) is 11.8. The zero-order chi connectivity index (χ0) is 24.1. The standard InChI is InChI=1S/C25H32FN3O4S/c1-33-24-11-10-19(17-22(24)26)18-28-15-12-20(13-16-28)27-25(30)23-9-5-6-14-29(23)34(31,32)21-7-3-2-4-8-21/h2-4,7-8,10-11,17,20,23H,5-6,9,12-16,18H2,1H3,(H,27,30). The second-order valence-electron chi connectivity index (χ2n) is 8.97. The number of methoxy groups -OCH3 is 1. The summed E-state index contributed by atoms with van der Waals surface area (Å²) in [4.78, 5) is 15.6. The Labute approximate surface area is 200 Å². The molecule has 1 amide bonds. The Balaban J connectivity index is 1.33. The first-order valence-corrected chi connectivity index (χ1v) is 13.2. The van der Waals surface area contributed by atoms with E-state index >= 15 is 0 Å². The zero-order valence-corrected chi connectivity index (χ0v) is 20.3.